The molecule has 6 N–H and O–H groups in total. The highest BCUT2D eigenvalue weighted by molar-refractivity contribution is 5.96. The van der Waals surface area contributed by atoms with Gasteiger partial charge < -0.3 is 26.8 Å². The van der Waals surface area contributed by atoms with Gasteiger partial charge in [0.05, 0.1) is 18.3 Å². The molecule has 0 spiro atoms. The van der Waals surface area contributed by atoms with E-state index in [9.17, 15) is 4.79 Å². The molecule has 4 rings (SSSR count). The summed E-state index contributed by atoms with van der Waals surface area (Å²) in [6.07, 6.45) is 2.53. The van der Waals surface area contributed by atoms with E-state index in [1.54, 1.807) is 0 Å². The van der Waals surface area contributed by atoms with Crippen molar-refractivity contribution in [1.82, 2.24) is 25.0 Å². The molecule has 3 aromatic rings. The first-order valence-electron chi connectivity index (χ1n) is 9.83. The largest absolute Gasteiger partial charge is 0.380 e. The Balaban J connectivity index is 1.65. The van der Waals surface area contributed by atoms with Gasteiger partial charge in [0.15, 0.2) is 11.5 Å². The molecule has 3 heterocycles. The van der Waals surface area contributed by atoms with Crippen molar-refractivity contribution in [1.29, 1.82) is 0 Å². The van der Waals surface area contributed by atoms with Crippen LogP contribution in [0.3, 0.4) is 0 Å². The minimum atomic E-state index is -0.719. The molecule has 0 unspecified atom stereocenters. The maximum atomic E-state index is 11.9. The summed E-state index contributed by atoms with van der Waals surface area (Å²) in [5.74, 6) is -0.230. The molecule has 2 aromatic heterocycles. The third-order valence-electron chi connectivity index (χ3n) is 5.12. The number of carbonyl (C=O) groups is 1. The fourth-order valence-electron chi connectivity index (χ4n) is 3.64. The van der Waals surface area contributed by atoms with Crippen LogP contribution >= 0.6 is 0 Å². The maximum Gasteiger partial charge on any atom is 0.273 e. The van der Waals surface area contributed by atoms with Crippen LogP contribution in [0.2, 0.25) is 0 Å². The van der Waals surface area contributed by atoms with Crippen molar-refractivity contribution in [3.05, 3.63) is 29.6 Å². The minimum Gasteiger partial charge on any atom is -0.380 e. The van der Waals surface area contributed by atoms with E-state index in [-0.39, 0.29) is 29.5 Å². The number of amides is 1. The smallest absolute Gasteiger partial charge is 0.273 e. The quantitative estimate of drug-likeness (QED) is 0.462. The minimum absolute atomic E-state index is 0.0428. The molecule has 1 fully saturated rings. The molecule has 1 aliphatic heterocycles. The SMILES string of the molecule is CCn1ncc2cc(Nc3nc(N[C@@H]4CCOC[C@@H]4N)nnc3C(N)=O)cc(C)c21. The number of nitrogens with two attached hydrogens (primary N) is 2. The molecule has 1 amide bonds. The van der Waals surface area contributed by atoms with Crippen molar-refractivity contribution in [2.75, 3.05) is 23.8 Å². The number of carbonyl (C=O) groups excluding carboxylic acids is 1. The molecule has 0 radical (unpaired) electrons. The van der Waals surface area contributed by atoms with Gasteiger partial charge in [-0.3, -0.25) is 9.48 Å². The number of hydrogen-bond donors (Lipinski definition) is 4. The van der Waals surface area contributed by atoms with Gasteiger partial charge in [-0.25, -0.2) is 0 Å². The molecule has 1 saturated heterocycles. The Kier molecular flexibility index (Phi) is 5.46. The van der Waals surface area contributed by atoms with Gasteiger partial charge in [0.25, 0.3) is 5.91 Å². The van der Waals surface area contributed by atoms with Gasteiger partial charge in [-0.15, -0.1) is 10.2 Å². The van der Waals surface area contributed by atoms with Gasteiger partial charge in [-0.1, -0.05) is 0 Å². The predicted molar refractivity (Wildman–Crippen MR) is 113 cm³/mol. The van der Waals surface area contributed by atoms with E-state index in [1.165, 1.54) is 0 Å². The first-order chi connectivity index (χ1) is 14.5. The predicted octanol–water partition coefficient (Wildman–Crippen LogP) is 0.920. The number of nitrogens with zero attached hydrogens (tertiary/aromatic N) is 5. The fraction of sp³-hybridized carbons (Fsp3) is 0.421. The third-order valence-corrected chi connectivity index (χ3v) is 5.12. The van der Waals surface area contributed by atoms with Crippen LogP contribution in [0.4, 0.5) is 17.5 Å². The van der Waals surface area contributed by atoms with Crippen molar-refractivity contribution in [2.45, 2.75) is 38.9 Å². The van der Waals surface area contributed by atoms with Gasteiger partial charge in [0.1, 0.15) is 0 Å². The number of rotatable bonds is 6. The molecule has 1 aliphatic rings. The molecule has 11 heteroatoms. The van der Waals surface area contributed by atoms with E-state index in [4.69, 9.17) is 16.2 Å². The van der Waals surface area contributed by atoms with Crippen molar-refractivity contribution in [2.24, 2.45) is 11.5 Å². The van der Waals surface area contributed by atoms with Crippen LogP contribution < -0.4 is 22.1 Å². The van der Waals surface area contributed by atoms with E-state index in [0.29, 0.717) is 13.2 Å². The lowest BCUT2D eigenvalue weighted by atomic mass is 10.1. The van der Waals surface area contributed by atoms with Crippen molar-refractivity contribution >= 4 is 34.3 Å². The number of hydrogen-bond acceptors (Lipinski definition) is 9. The number of nitrogens with one attached hydrogen (secondary N) is 2. The van der Waals surface area contributed by atoms with Crippen LogP contribution in [-0.2, 0) is 11.3 Å². The number of primary amides is 1. The zero-order valence-electron chi connectivity index (χ0n) is 16.9. The topological polar surface area (TPSA) is 159 Å². The molecule has 30 heavy (non-hydrogen) atoms. The van der Waals surface area contributed by atoms with Crippen LogP contribution in [0, 0.1) is 6.92 Å². The Hall–Kier alpha value is -3.31. The highest BCUT2D eigenvalue weighted by atomic mass is 16.5. The molecule has 0 aliphatic carbocycles. The average Bonchev–Trinajstić information content (AvgIpc) is 3.13. The van der Waals surface area contributed by atoms with E-state index in [2.05, 4.69) is 30.9 Å². The van der Waals surface area contributed by atoms with Gasteiger partial charge in [-0.05, 0) is 38.0 Å². The highest BCUT2D eigenvalue weighted by Crippen LogP contribution is 2.26. The van der Waals surface area contributed by atoms with Gasteiger partial charge >= 0.3 is 0 Å². The Labute approximate surface area is 173 Å². The van der Waals surface area contributed by atoms with Crippen LogP contribution in [0.1, 0.15) is 29.4 Å². The lowest BCUT2D eigenvalue weighted by molar-refractivity contribution is 0.0751. The molecular formula is C19H25N9O2. The Morgan fingerprint density at radius 3 is 2.93 bits per heavy atom. The van der Waals surface area contributed by atoms with E-state index in [0.717, 1.165) is 35.1 Å². The molecular weight excluding hydrogens is 386 g/mol. The molecule has 2 atom stereocenters. The molecule has 0 saturated carbocycles. The van der Waals surface area contributed by atoms with E-state index < -0.39 is 5.91 Å². The van der Waals surface area contributed by atoms with Gasteiger partial charge in [-0.2, -0.15) is 10.1 Å². The number of fused-ring (bicyclic) bond motifs is 1. The standard InChI is InChI=1S/C19H25N9O2/c1-3-28-16-10(2)6-12(7-11(16)8-22-28)23-18-15(17(21)29)26-27-19(25-18)24-14-4-5-30-9-13(14)20/h6-8,13-14H,3-5,9,20H2,1-2H3,(H2,21,29)(H2,23,24,25,27)/t13-,14+/m0/s1. The zero-order chi connectivity index (χ0) is 21.3. The summed E-state index contributed by atoms with van der Waals surface area (Å²) in [4.78, 5) is 16.3. The highest BCUT2D eigenvalue weighted by Gasteiger charge is 2.24. The second-order valence-corrected chi connectivity index (χ2v) is 7.29. The Morgan fingerprint density at radius 2 is 2.20 bits per heavy atom. The summed E-state index contributed by atoms with van der Waals surface area (Å²) >= 11 is 0. The van der Waals surface area contributed by atoms with E-state index >= 15 is 0 Å². The second-order valence-electron chi connectivity index (χ2n) is 7.29. The molecule has 0 bridgehead atoms. The number of ether oxygens (including phenoxy) is 1. The fourth-order valence-corrected chi connectivity index (χ4v) is 3.64. The van der Waals surface area contributed by atoms with Crippen LogP contribution in [0.5, 0.6) is 0 Å². The first-order valence-corrected chi connectivity index (χ1v) is 9.83. The number of anilines is 3. The summed E-state index contributed by atoms with van der Waals surface area (Å²) < 4.78 is 7.30. The summed E-state index contributed by atoms with van der Waals surface area (Å²) in [5.41, 5.74) is 14.4. The summed E-state index contributed by atoms with van der Waals surface area (Å²) in [7, 11) is 0. The van der Waals surface area contributed by atoms with Crippen LogP contribution in [-0.4, -0.2) is 56.2 Å². The van der Waals surface area contributed by atoms with Crippen molar-refractivity contribution in [3.63, 3.8) is 0 Å². The first kappa shape index (κ1) is 20.0. The lowest BCUT2D eigenvalue weighted by Crippen LogP contribution is -2.48. The Bertz CT molecular complexity index is 1080. The lowest BCUT2D eigenvalue weighted by Gasteiger charge is -2.29. The second kappa shape index (κ2) is 8.20. The number of aryl methyl sites for hydroxylation is 2. The van der Waals surface area contributed by atoms with Crippen LogP contribution in [0.15, 0.2) is 18.3 Å². The third kappa shape index (κ3) is 3.89. The molecule has 1 aromatic carbocycles. The average molecular weight is 411 g/mol. The molecule has 11 nitrogen and oxygen atoms in total. The van der Waals surface area contributed by atoms with Crippen LogP contribution in [0.25, 0.3) is 10.9 Å². The monoisotopic (exact) mass is 411 g/mol. The van der Waals surface area contributed by atoms with Gasteiger partial charge in [0, 0.05) is 36.3 Å². The van der Waals surface area contributed by atoms with Gasteiger partial charge in [0.2, 0.25) is 5.95 Å². The number of benzene rings is 1. The van der Waals surface area contributed by atoms with Crippen molar-refractivity contribution < 1.29 is 9.53 Å². The summed E-state index contributed by atoms with van der Waals surface area (Å²) in [5, 5.41) is 19.7. The van der Waals surface area contributed by atoms with E-state index in [1.807, 2.05) is 36.9 Å². The number of aromatic nitrogens is 5. The zero-order valence-corrected chi connectivity index (χ0v) is 16.9. The Morgan fingerprint density at radius 1 is 1.37 bits per heavy atom. The maximum absolute atomic E-state index is 11.9. The summed E-state index contributed by atoms with van der Waals surface area (Å²) in [6, 6.07) is 3.67. The van der Waals surface area contributed by atoms with Crippen molar-refractivity contribution in [3.8, 4) is 0 Å². The molecule has 158 valence electrons. The normalized spacial score (nSPS) is 19.0. The summed E-state index contributed by atoms with van der Waals surface area (Å²) in [6.45, 7) is 5.90.